The van der Waals surface area contributed by atoms with Crippen LogP contribution in [0.2, 0.25) is 0 Å². The van der Waals surface area contributed by atoms with Gasteiger partial charge in [-0.25, -0.2) is 0 Å². The molecule has 0 bridgehead atoms. The minimum absolute atomic E-state index is 0.175. The van der Waals surface area contributed by atoms with Crippen molar-refractivity contribution in [2.24, 2.45) is 0 Å². The summed E-state index contributed by atoms with van der Waals surface area (Å²) < 4.78 is 5.55. The van der Waals surface area contributed by atoms with Crippen LogP contribution in [-0.2, 0) is 16.0 Å². The number of hydrogen-bond donors (Lipinski definition) is 2. The lowest BCUT2D eigenvalue weighted by Crippen LogP contribution is -2.38. The number of carboxylic acid groups (broad SMARTS) is 1. The first-order chi connectivity index (χ1) is 9.56. The van der Waals surface area contributed by atoms with Gasteiger partial charge in [0, 0.05) is 23.3 Å². The van der Waals surface area contributed by atoms with Gasteiger partial charge in [0.25, 0.3) is 0 Å². The average molecular weight is 297 g/mol. The molecule has 3 unspecified atom stereocenters. The van der Waals surface area contributed by atoms with E-state index in [1.165, 1.54) is 10.4 Å². The number of thiophene rings is 1. The highest BCUT2D eigenvalue weighted by Crippen LogP contribution is 2.43. The molecule has 0 aliphatic heterocycles. The number of carboxylic acids is 1. The number of methoxy groups -OCH3 is 1. The Morgan fingerprint density at radius 2 is 2.35 bits per heavy atom. The van der Waals surface area contributed by atoms with Gasteiger partial charge in [0.15, 0.2) is 0 Å². The maximum atomic E-state index is 11.2. The quantitative estimate of drug-likeness (QED) is 0.847. The molecule has 0 amide bonds. The molecule has 4 nitrogen and oxygen atoms in total. The van der Waals surface area contributed by atoms with Gasteiger partial charge in [-0.05, 0) is 36.9 Å². The van der Waals surface area contributed by atoms with Gasteiger partial charge in [0.1, 0.15) is 6.04 Å². The summed E-state index contributed by atoms with van der Waals surface area (Å²) in [5.74, 6) is -0.230. The molecule has 0 spiro atoms. The zero-order chi connectivity index (χ0) is 14.7. The van der Waals surface area contributed by atoms with E-state index in [0.717, 1.165) is 17.7 Å². The lowest BCUT2D eigenvalue weighted by molar-refractivity contribution is -0.139. The van der Waals surface area contributed by atoms with Gasteiger partial charge < -0.3 is 15.2 Å². The minimum atomic E-state index is -0.783. The first-order valence-electron chi connectivity index (χ1n) is 7.18. The van der Waals surface area contributed by atoms with E-state index in [2.05, 4.69) is 18.3 Å². The molecule has 5 heteroatoms. The second-order valence-electron chi connectivity index (χ2n) is 5.39. The van der Waals surface area contributed by atoms with E-state index < -0.39 is 12.0 Å². The molecule has 0 saturated heterocycles. The number of aliphatic carboxylic acids is 1. The summed E-state index contributed by atoms with van der Waals surface area (Å²) in [6, 6.07) is 1.65. The number of nitrogens with one attached hydrogen (secondary N) is 1. The van der Waals surface area contributed by atoms with E-state index in [0.29, 0.717) is 18.9 Å². The molecule has 0 radical (unpaired) electrons. The molecule has 3 atom stereocenters. The van der Waals surface area contributed by atoms with E-state index in [1.807, 2.05) is 6.92 Å². The molecule has 20 heavy (non-hydrogen) atoms. The van der Waals surface area contributed by atoms with Crippen molar-refractivity contribution in [2.45, 2.75) is 51.2 Å². The molecule has 0 aromatic carbocycles. The van der Waals surface area contributed by atoms with Crippen molar-refractivity contribution in [2.75, 3.05) is 13.7 Å². The van der Waals surface area contributed by atoms with Gasteiger partial charge in [0.05, 0.1) is 6.10 Å². The zero-order valence-electron chi connectivity index (χ0n) is 12.3. The van der Waals surface area contributed by atoms with Crippen LogP contribution in [0.5, 0.6) is 0 Å². The van der Waals surface area contributed by atoms with E-state index >= 15 is 0 Å². The van der Waals surface area contributed by atoms with Crippen LogP contribution in [0.3, 0.4) is 0 Å². The number of fused-ring (bicyclic) bond motifs is 1. The molecule has 2 N–H and O–H groups in total. The van der Waals surface area contributed by atoms with Gasteiger partial charge in [-0.15, -0.1) is 11.3 Å². The molecule has 0 saturated carbocycles. The fraction of sp³-hybridized carbons (Fsp3) is 0.667. The highest BCUT2D eigenvalue weighted by Gasteiger charge is 2.28. The Labute approximate surface area is 124 Å². The van der Waals surface area contributed by atoms with Crippen molar-refractivity contribution < 1.29 is 14.6 Å². The summed E-state index contributed by atoms with van der Waals surface area (Å²) in [5.41, 5.74) is 1.27. The molecule has 1 aromatic rings. The van der Waals surface area contributed by atoms with Gasteiger partial charge in [-0.2, -0.15) is 0 Å². The second-order valence-corrected chi connectivity index (χ2v) is 6.56. The molecule has 1 heterocycles. The van der Waals surface area contributed by atoms with Crippen molar-refractivity contribution in [3.8, 4) is 0 Å². The number of carbonyl (C=O) groups is 1. The molecule has 1 aromatic heterocycles. The summed E-state index contributed by atoms with van der Waals surface area (Å²) in [4.78, 5) is 13.8. The number of hydrogen-bond acceptors (Lipinski definition) is 4. The Morgan fingerprint density at radius 3 is 2.95 bits per heavy atom. The molecular formula is C15H23NO3S. The SMILES string of the molecule is CCNC(Cc1cc2c(s1)C(C)CCC2OC)C(=O)O. The van der Waals surface area contributed by atoms with Crippen molar-refractivity contribution in [1.82, 2.24) is 5.32 Å². The van der Waals surface area contributed by atoms with Gasteiger partial charge in [-0.3, -0.25) is 4.79 Å². The second kappa shape index (κ2) is 6.70. The molecule has 2 rings (SSSR count). The van der Waals surface area contributed by atoms with E-state index in [-0.39, 0.29) is 6.10 Å². The fourth-order valence-electron chi connectivity index (χ4n) is 2.84. The summed E-state index contributed by atoms with van der Waals surface area (Å²) in [6.07, 6.45) is 2.91. The monoisotopic (exact) mass is 297 g/mol. The van der Waals surface area contributed by atoms with Crippen LogP contribution in [0.1, 0.15) is 54.0 Å². The van der Waals surface area contributed by atoms with Crippen LogP contribution < -0.4 is 5.32 Å². The molecule has 1 aliphatic carbocycles. The van der Waals surface area contributed by atoms with Crippen molar-refractivity contribution in [1.29, 1.82) is 0 Å². The number of likely N-dealkylation sites (N-methyl/N-ethyl adjacent to an activating group) is 1. The van der Waals surface area contributed by atoms with Crippen LogP contribution in [-0.4, -0.2) is 30.8 Å². The Hall–Kier alpha value is -0.910. The van der Waals surface area contributed by atoms with E-state index in [1.54, 1.807) is 18.4 Å². The van der Waals surface area contributed by atoms with Crippen molar-refractivity contribution in [3.05, 3.63) is 21.4 Å². The molecule has 112 valence electrons. The Bertz CT molecular complexity index is 472. The minimum Gasteiger partial charge on any atom is -0.480 e. The lowest BCUT2D eigenvalue weighted by atomic mass is 9.88. The predicted octanol–water partition coefficient (Wildman–Crippen LogP) is 2.94. The topological polar surface area (TPSA) is 58.6 Å². The largest absolute Gasteiger partial charge is 0.480 e. The fourth-order valence-corrected chi connectivity index (χ4v) is 4.18. The Morgan fingerprint density at radius 1 is 1.60 bits per heavy atom. The van der Waals surface area contributed by atoms with Crippen LogP contribution >= 0.6 is 11.3 Å². The van der Waals surface area contributed by atoms with Crippen LogP contribution in [0.4, 0.5) is 0 Å². The van der Waals surface area contributed by atoms with Gasteiger partial charge >= 0.3 is 5.97 Å². The van der Waals surface area contributed by atoms with Gasteiger partial charge in [-0.1, -0.05) is 13.8 Å². The zero-order valence-corrected chi connectivity index (χ0v) is 13.1. The highest BCUT2D eigenvalue weighted by atomic mass is 32.1. The summed E-state index contributed by atoms with van der Waals surface area (Å²) in [6.45, 7) is 4.83. The van der Waals surface area contributed by atoms with Crippen molar-refractivity contribution in [3.63, 3.8) is 0 Å². The Balaban J connectivity index is 2.20. The van der Waals surface area contributed by atoms with Gasteiger partial charge in [0.2, 0.25) is 0 Å². The van der Waals surface area contributed by atoms with E-state index in [4.69, 9.17) is 4.74 Å². The standard InChI is InChI=1S/C15H23NO3S/c1-4-16-12(15(17)18)8-10-7-11-13(19-3)6-5-9(2)14(11)20-10/h7,9,12-13,16H,4-6,8H2,1-3H3,(H,17,18). The maximum absolute atomic E-state index is 11.2. The third kappa shape index (κ3) is 3.22. The third-order valence-electron chi connectivity index (χ3n) is 3.94. The summed E-state index contributed by atoms with van der Waals surface area (Å²) >= 11 is 1.75. The first kappa shape index (κ1) is 15.5. The predicted molar refractivity (Wildman–Crippen MR) is 80.5 cm³/mol. The van der Waals surface area contributed by atoms with Crippen molar-refractivity contribution >= 4 is 17.3 Å². The third-order valence-corrected chi connectivity index (χ3v) is 5.34. The van der Waals surface area contributed by atoms with Crippen LogP contribution in [0.25, 0.3) is 0 Å². The molecular weight excluding hydrogens is 274 g/mol. The molecule has 0 fully saturated rings. The Kier molecular flexibility index (Phi) is 5.18. The summed E-state index contributed by atoms with van der Waals surface area (Å²) in [5, 5.41) is 12.3. The number of rotatable bonds is 6. The molecule has 1 aliphatic rings. The normalized spacial score (nSPS) is 23.4. The first-order valence-corrected chi connectivity index (χ1v) is 7.99. The lowest BCUT2D eigenvalue weighted by Gasteiger charge is -2.25. The highest BCUT2D eigenvalue weighted by molar-refractivity contribution is 7.12. The maximum Gasteiger partial charge on any atom is 0.321 e. The van der Waals surface area contributed by atoms with Crippen LogP contribution in [0, 0.1) is 0 Å². The smallest absolute Gasteiger partial charge is 0.321 e. The number of ether oxygens (including phenoxy) is 1. The van der Waals surface area contributed by atoms with Crippen LogP contribution in [0.15, 0.2) is 6.07 Å². The summed E-state index contributed by atoms with van der Waals surface area (Å²) in [7, 11) is 1.75. The average Bonchev–Trinajstić information content (AvgIpc) is 2.83. The van der Waals surface area contributed by atoms with E-state index in [9.17, 15) is 9.90 Å².